The normalized spacial score (nSPS) is 10.1. The van der Waals surface area contributed by atoms with Gasteiger partial charge in [-0.25, -0.2) is 0 Å². The maximum atomic E-state index is 8.41. The van der Waals surface area contributed by atoms with Crippen molar-refractivity contribution in [3.8, 4) is 0 Å². The van der Waals surface area contributed by atoms with E-state index >= 15 is 0 Å². The summed E-state index contributed by atoms with van der Waals surface area (Å²) in [4.78, 5) is 2.81. The third-order valence-electron chi connectivity index (χ3n) is 3.24. The zero-order valence-corrected chi connectivity index (χ0v) is 12.4. The number of nitrogens with one attached hydrogen (secondary N) is 1. The lowest BCUT2D eigenvalue weighted by atomic mass is 10.1. The largest absolute Gasteiger partial charge is 0.312 e. The zero-order valence-electron chi connectivity index (χ0n) is 11.7. The van der Waals surface area contributed by atoms with Gasteiger partial charge in [-0.05, 0) is 47.3 Å². The van der Waals surface area contributed by atoms with E-state index in [-0.39, 0.29) is 0 Å². The van der Waals surface area contributed by atoms with E-state index in [0.29, 0.717) is 6.54 Å². The first-order valence-electron chi connectivity index (χ1n) is 6.82. The van der Waals surface area contributed by atoms with Crippen LogP contribution >= 0.6 is 11.6 Å². The standard InChI is InChI=1S/C16H17ClN4/c17-16-7-5-13(6-8-16)9-10-19-11-14-3-1-2-4-15(14)12-20-21-18/h1-8,19H,9-12H2. The third kappa shape index (κ3) is 5.12. The van der Waals surface area contributed by atoms with Gasteiger partial charge in [-0.2, -0.15) is 0 Å². The highest BCUT2D eigenvalue weighted by Crippen LogP contribution is 2.11. The van der Waals surface area contributed by atoms with Crippen molar-refractivity contribution >= 4 is 11.6 Å². The summed E-state index contributed by atoms with van der Waals surface area (Å²) in [5, 5.41) is 7.80. The molecule has 0 saturated heterocycles. The van der Waals surface area contributed by atoms with Crippen LogP contribution in [-0.2, 0) is 19.5 Å². The molecule has 0 spiro atoms. The van der Waals surface area contributed by atoms with E-state index in [9.17, 15) is 0 Å². The fraction of sp³-hybridized carbons (Fsp3) is 0.250. The van der Waals surface area contributed by atoms with E-state index in [1.807, 2.05) is 42.5 Å². The molecule has 0 saturated carbocycles. The second-order valence-electron chi connectivity index (χ2n) is 4.71. The Balaban J connectivity index is 1.83. The van der Waals surface area contributed by atoms with Crippen LogP contribution in [0.15, 0.2) is 53.6 Å². The van der Waals surface area contributed by atoms with Gasteiger partial charge in [0, 0.05) is 16.5 Å². The number of halogens is 1. The molecular formula is C16H17ClN4. The molecule has 0 fully saturated rings. The fourth-order valence-electron chi connectivity index (χ4n) is 2.10. The summed E-state index contributed by atoms with van der Waals surface area (Å²) in [6, 6.07) is 15.9. The van der Waals surface area contributed by atoms with Crippen LogP contribution in [0.2, 0.25) is 5.02 Å². The van der Waals surface area contributed by atoms with Crippen molar-refractivity contribution in [2.24, 2.45) is 5.11 Å². The van der Waals surface area contributed by atoms with Gasteiger partial charge in [-0.1, -0.05) is 53.1 Å². The molecule has 0 radical (unpaired) electrons. The lowest BCUT2D eigenvalue weighted by molar-refractivity contribution is 0.682. The molecule has 0 unspecified atom stereocenters. The van der Waals surface area contributed by atoms with Crippen LogP contribution in [0.1, 0.15) is 16.7 Å². The Morgan fingerprint density at radius 1 is 1.05 bits per heavy atom. The van der Waals surface area contributed by atoms with Crippen LogP contribution in [-0.4, -0.2) is 6.54 Å². The monoisotopic (exact) mass is 300 g/mol. The maximum Gasteiger partial charge on any atom is 0.0514 e. The summed E-state index contributed by atoms with van der Waals surface area (Å²) in [6.07, 6.45) is 0.954. The smallest absolute Gasteiger partial charge is 0.0514 e. The molecule has 1 N–H and O–H groups in total. The summed E-state index contributed by atoms with van der Waals surface area (Å²) in [5.41, 5.74) is 11.9. The molecule has 108 valence electrons. The van der Waals surface area contributed by atoms with Crippen molar-refractivity contribution in [1.29, 1.82) is 0 Å². The molecule has 0 atom stereocenters. The molecule has 0 aromatic heterocycles. The van der Waals surface area contributed by atoms with Crippen LogP contribution in [0.4, 0.5) is 0 Å². The van der Waals surface area contributed by atoms with Crippen LogP contribution in [0.25, 0.3) is 10.4 Å². The molecule has 2 rings (SSSR count). The van der Waals surface area contributed by atoms with Crippen LogP contribution in [0, 0.1) is 0 Å². The molecule has 0 aliphatic carbocycles. The maximum absolute atomic E-state index is 8.41. The van der Waals surface area contributed by atoms with Gasteiger partial charge in [0.1, 0.15) is 0 Å². The quantitative estimate of drug-likeness (QED) is 0.348. The lowest BCUT2D eigenvalue weighted by Gasteiger charge is -2.09. The van der Waals surface area contributed by atoms with E-state index in [2.05, 4.69) is 21.4 Å². The minimum atomic E-state index is 0.394. The van der Waals surface area contributed by atoms with E-state index in [0.717, 1.165) is 30.1 Å². The van der Waals surface area contributed by atoms with Gasteiger partial charge < -0.3 is 5.32 Å². The van der Waals surface area contributed by atoms with Crippen LogP contribution < -0.4 is 5.32 Å². The molecule has 2 aromatic rings. The number of rotatable bonds is 7. The van der Waals surface area contributed by atoms with Gasteiger partial charge in [-0.15, -0.1) is 0 Å². The van der Waals surface area contributed by atoms with Crippen molar-refractivity contribution < 1.29 is 0 Å². The van der Waals surface area contributed by atoms with Crippen molar-refractivity contribution in [2.75, 3.05) is 6.54 Å². The Morgan fingerprint density at radius 2 is 1.76 bits per heavy atom. The topological polar surface area (TPSA) is 60.8 Å². The van der Waals surface area contributed by atoms with Gasteiger partial charge in [0.15, 0.2) is 0 Å². The van der Waals surface area contributed by atoms with E-state index in [4.69, 9.17) is 17.1 Å². The Labute approximate surface area is 129 Å². The highest BCUT2D eigenvalue weighted by molar-refractivity contribution is 6.30. The average molecular weight is 301 g/mol. The Bertz CT molecular complexity index is 618. The number of hydrogen-bond acceptors (Lipinski definition) is 2. The summed E-state index contributed by atoms with van der Waals surface area (Å²) in [7, 11) is 0. The summed E-state index contributed by atoms with van der Waals surface area (Å²) in [6.45, 7) is 2.05. The predicted octanol–water partition coefficient (Wildman–Crippen LogP) is 4.48. The first-order valence-corrected chi connectivity index (χ1v) is 7.20. The Morgan fingerprint density at radius 3 is 2.48 bits per heavy atom. The highest BCUT2D eigenvalue weighted by atomic mass is 35.5. The van der Waals surface area contributed by atoms with Gasteiger partial charge in [0.25, 0.3) is 0 Å². The first kappa shape index (κ1) is 15.4. The molecule has 21 heavy (non-hydrogen) atoms. The molecule has 0 heterocycles. The van der Waals surface area contributed by atoms with Gasteiger partial charge in [0.05, 0.1) is 6.54 Å². The third-order valence-corrected chi connectivity index (χ3v) is 3.49. The zero-order chi connectivity index (χ0) is 14.9. The van der Waals surface area contributed by atoms with Crippen molar-refractivity contribution in [2.45, 2.75) is 19.5 Å². The molecule has 2 aromatic carbocycles. The Hall–Kier alpha value is -2.00. The fourth-order valence-corrected chi connectivity index (χ4v) is 2.22. The summed E-state index contributed by atoms with van der Waals surface area (Å²) >= 11 is 5.86. The first-order chi connectivity index (χ1) is 10.3. The number of benzene rings is 2. The van der Waals surface area contributed by atoms with E-state index < -0.39 is 0 Å². The van der Waals surface area contributed by atoms with Gasteiger partial charge in [0.2, 0.25) is 0 Å². The minimum Gasteiger partial charge on any atom is -0.312 e. The van der Waals surface area contributed by atoms with Crippen LogP contribution in [0.5, 0.6) is 0 Å². The molecule has 0 bridgehead atoms. The van der Waals surface area contributed by atoms with Crippen molar-refractivity contribution in [3.63, 3.8) is 0 Å². The number of azide groups is 1. The van der Waals surface area contributed by atoms with Crippen molar-refractivity contribution in [1.82, 2.24) is 5.32 Å². The number of nitrogens with zero attached hydrogens (tertiary/aromatic N) is 3. The predicted molar refractivity (Wildman–Crippen MR) is 86.2 cm³/mol. The molecule has 0 amide bonds. The number of hydrogen-bond donors (Lipinski definition) is 1. The Kier molecular flexibility index (Phi) is 6.10. The average Bonchev–Trinajstić information content (AvgIpc) is 2.52. The minimum absolute atomic E-state index is 0.394. The van der Waals surface area contributed by atoms with E-state index in [1.165, 1.54) is 11.1 Å². The second-order valence-corrected chi connectivity index (χ2v) is 5.15. The van der Waals surface area contributed by atoms with Crippen molar-refractivity contribution in [3.05, 3.63) is 80.7 Å². The van der Waals surface area contributed by atoms with Crippen LogP contribution in [0.3, 0.4) is 0 Å². The second kappa shape index (κ2) is 8.32. The highest BCUT2D eigenvalue weighted by Gasteiger charge is 2.00. The van der Waals surface area contributed by atoms with Gasteiger partial charge in [-0.3, -0.25) is 0 Å². The SMILES string of the molecule is [N-]=[N+]=NCc1ccccc1CNCCc1ccc(Cl)cc1. The molecular weight excluding hydrogens is 284 g/mol. The molecule has 5 heteroatoms. The molecule has 0 aliphatic heterocycles. The molecule has 0 aliphatic rings. The lowest BCUT2D eigenvalue weighted by Crippen LogP contribution is -2.17. The summed E-state index contributed by atoms with van der Waals surface area (Å²) < 4.78 is 0. The summed E-state index contributed by atoms with van der Waals surface area (Å²) in [5.74, 6) is 0. The van der Waals surface area contributed by atoms with E-state index in [1.54, 1.807) is 0 Å². The molecule has 4 nitrogen and oxygen atoms in total. The van der Waals surface area contributed by atoms with Gasteiger partial charge >= 0.3 is 0 Å².